The number of halogens is 1. The smallest absolute Gasteiger partial charge is 0.160 e. The minimum atomic E-state index is 0.526. The first-order valence-corrected chi connectivity index (χ1v) is 13.0. The predicted molar refractivity (Wildman–Crippen MR) is 140 cm³/mol. The van der Waals surface area contributed by atoms with E-state index in [1.54, 1.807) is 11.3 Å². The number of aryl methyl sites for hydroxylation is 2. The lowest BCUT2D eigenvalue weighted by Crippen LogP contribution is -2.37. The third-order valence-electron chi connectivity index (χ3n) is 6.20. The minimum absolute atomic E-state index is 0.526. The zero-order valence-corrected chi connectivity index (χ0v) is 22.0. The molecule has 7 nitrogen and oxygen atoms in total. The van der Waals surface area contributed by atoms with Crippen LogP contribution >= 0.6 is 22.9 Å². The van der Waals surface area contributed by atoms with E-state index >= 15 is 0 Å². The maximum absolute atomic E-state index is 6.03. The number of rotatable bonds is 5. The Morgan fingerprint density at radius 3 is 2.53 bits per heavy atom. The summed E-state index contributed by atoms with van der Waals surface area (Å²) in [5.41, 5.74) is 4.52. The van der Waals surface area contributed by atoms with E-state index in [4.69, 9.17) is 21.3 Å². The second-order valence-electron chi connectivity index (χ2n) is 8.55. The van der Waals surface area contributed by atoms with Gasteiger partial charge in [-0.1, -0.05) is 23.7 Å². The van der Waals surface area contributed by atoms with E-state index < -0.39 is 0 Å². The molecule has 0 aliphatic carbocycles. The van der Waals surface area contributed by atoms with Crippen molar-refractivity contribution in [2.24, 2.45) is 4.99 Å². The molecule has 1 aromatic carbocycles. The fraction of sp³-hybridized carbons (Fsp3) is 0.480. The number of aromatic nitrogens is 3. The minimum Gasteiger partial charge on any atom is -0.379 e. The molecule has 4 heterocycles. The number of aliphatic imine (C=N–C) groups is 1. The SMILES string of the molecule is CNCCCN1CCOCC1.Cc1sc2c(c1C)C(c1ccc(Cl)cc1)=NCc1nnc(C)n1-2. The molecule has 182 valence electrons. The molecular weight excluding hydrogens is 468 g/mol. The molecule has 0 spiro atoms. The van der Waals surface area contributed by atoms with Crippen molar-refractivity contribution in [2.75, 3.05) is 46.4 Å². The van der Waals surface area contributed by atoms with Crippen LogP contribution in [0.3, 0.4) is 0 Å². The van der Waals surface area contributed by atoms with Gasteiger partial charge in [-0.25, -0.2) is 0 Å². The average molecular weight is 501 g/mol. The fourth-order valence-corrected chi connectivity index (χ4v) is 5.55. The molecule has 3 aromatic rings. The van der Waals surface area contributed by atoms with E-state index in [1.165, 1.54) is 29.0 Å². The number of fused-ring (bicyclic) bond motifs is 3. The Hall–Kier alpha value is -2.10. The molecule has 0 saturated carbocycles. The van der Waals surface area contributed by atoms with Gasteiger partial charge in [-0.3, -0.25) is 14.5 Å². The Morgan fingerprint density at radius 1 is 1.09 bits per heavy atom. The summed E-state index contributed by atoms with van der Waals surface area (Å²) >= 11 is 7.80. The second-order valence-corrected chi connectivity index (χ2v) is 10.2. The first-order valence-electron chi connectivity index (χ1n) is 11.8. The molecule has 1 N–H and O–H groups in total. The third kappa shape index (κ3) is 5.58. The van der Waals surface area contributed by atoms with Crippen LogP contribution in [0, 0.1) is 20.8 Å². The van der Waals surface area contributed by atoms with E-state index in [0.717, 1.165) is 65.8 Å². The molecule has 2 aliphatic heterocycles. The van der Waals surface area contributed by atoms with E-state index in [9.17, 15) is 0 Å². The Balaban J connectivity index is 0.000000210. The molecule has 0 radical (unpaired) electrons. The highest BCUT2D eigenvalue weighted by Crippen LogP contribution is 2.36. The van der Waals surface area contributed by atoms with Crippen molar-refractivity contribution < 1.29 is 4.74 Å². The molecule has 2 aliphatic rings. The molecule has 1 saturated heterocycles. The van der Waals surface area contributed by atoms with Gasteiger partial charge < -0.3 is 10.1 Å². The standard InChI is InChI=1S/C17H15ClN4S.C8H18N2O/c1-9-10(2)23-17-15(9)16(12-4-6-13(18)7-5-12)19-8-14-21-20-11(3)22(14)17;1-9-3-2-4-10-5-7-11-8-6-10/h4-7H,8H2,1-3H3;9H,2-8H2,1H3. The number of hydrogen-bond acceptors (Lipinski definition) is 7. The molecule has 34 heavy (non-hydrogen) atoms. The summed E-state index contributed by atoms with van der Waals surface area (Å²) in [7, 11) is 2.00. The number of morpholine rings is 1. The highest BCUT2D eigenvalue weighted by molar-refractivity contribution is 7.15. The van der Waals surface area contributed by atoms with Crippen LogP contribution in [0.1, 0.15) is 39.6 Å². The van der Waals surface area contributed by atoms with E-state index in [-0.39, 0.29) is 0 Å². The normalized spacial score (nSPS) is 15.6. The third-order valence-corrected chi connectivity index (χ3v) is 7.64. The first-order chi connectivity index (χ1) is 16.5. The van der Waals surface area contributed by atoms with Crippen molar-refractivity contribution in [3.8, 4) is 5.00 Å². The van der Waals surface area contributed by atoms with Gasteiger partial charge in [-0.15, -0.1) is 21.5 Å². The molecule has 0 bridgehead atoms. The predicted octanol–water partition coefficient (Wildman–Crippen LogP) is 4.19. The number of thiophene rings is 1. The van der Waals surface area contributed by atoms with E-state index in [1.807, 2.05) is 38.2 Å². The van der Waals surface area contributed by atoms with Crippen molar-refractivity contribution >= 4 is 28.6 Å². The van der Waals surface area contributed by atoms with Gasteiger partial charge in [0.05, 0.1) is 18.9 Å². The van der Waals surface area contributed by atoms with E-state index in [2.05, 4.69) is 38.8 Å². The molecular formula is C25H33ClN6OS. The Bertz CT molecular complexity index is 1130. The van der Waals surface area contributed by atoms with Crippen molar-refractivity contribution in [3.05, 3.63) is 62.5 Å². The maximum atomic E-state index is 6.03. The van der Waals surface area contributed by atoms with Crippen LogP contribution in [0.15, 0.2) is 29.3 Å². The van der Waals surface area contributed by atoms with Gasteiger partial charge in [-0.2, -0.15) is 0 Å². The van der Waals surface area contributed by atoms with Crippen LogP contribution in [-0.4, -0.2) is 71.8 Å². The van der Waals surface area contributed by atoms with E-state index in [0.29, 0.717) is 6.54 Å². The quantitative estimate of drug-likeness (QED) is 0.532. The van der Waals surface area contributed by atoms with Gasteiger partial charge in [0, 0.05) is 34.1 Å². The topological polar surface area (TPSA) is 67.6 Å². The lowest BCUT2D eigenvalue weighted by atomic mass is 10.00. The molecule has 0 unspecified atom stereocenters. The van der Waals surface area contributed by atoms with Crippen molar-refractivity contribution in [1.82, 2.24) is 25.0 Å². The molecule has 0 amide bonds. The van der Waals surface area contributed by atoms with Gasteiger partial charge in [-0.05, 0) is 65.0 Å². The van der Waals surface area contributed by atoms with Crippen LogP contribution in [0.25, 0.3) is 5.00 Å². The average Bonchev–Trinajstić information content (AvgIpc) is 3.29. The summed E-state index contributed by atoms with van der Waals surface area (Å²) < 4.78 is 7.38. The van der Waals surface area contributed by atoms with Crippen molar-refractivity contribution in [1.29, 1.82) is 0 Å². The van der Waals surface area contributed by atoms with Gasteiger partial charge in [0.15, 0.2) is 5.82 Å². The lowest BCUT2D eigenvalue weighted by molar-refractivity contribution is 0.0375. The molecule has 9 heteroatoms. The van der Waals surface area contributed by atoms with Crippen molar-refractivity contribution in [2.45, 2.75) is 33.7 Å². The van der Waals surface area contributed by atoms with Crippen LogP contribution in [0.5, 0.6) is 0 Å². The van der Waals surface area contributed by atoms with Crippen molar-refractivity contribution in [3.63, 3.8) is 0 Å². The first kappa shape index (κ1) is 25.0. The Kier molecular flexibility index (Phi) is 8.50. The summed E-state index contributed by atoms with van der Waals surface area (Å²) in [5.74, 6) is 1.78. The summed E-state index contributed by atoms with van der Waals surface area (Å²) in [5, 5.41) is 13.5. The zero-order chi connectivity index (χ0) is 24.1. The van der Waals surface area contributed by atoms with Gasteiger partial charge in [0.25, 0.3) is 0 Å². The van der Waals surface area contributed by atoms with Gasteiger partial charge in [0.2, 0.25) is 0 Å². The summed E-state index contributed by atoms with van der Waals surface area (Å²) in [6, 6.07) is 7.86. The van der Waals surface area contributed by atoms with Gasteiger partial charge in [0.1, 0.15) is 17.4 Å². The Labute approximate surface area is 210 Å². The number of benzene rings is 1. The zero-order valence-electron chi connectivity index (χ0n) is 20.4. The highest BCUT2D eigenvalue weighted by atomic mass is 35.5. The molecule has 5 rings (SSSR count). The van der Waals surface area contributed by atoms with Crippen LogP contribution in [-0.2, 0) is 11.3 Å². The number of ether oxygens (including phenoxy) is 1. The Morgan fingerprint density at radius 2 is 1.82 bits per heavy atom. The lowest BCUT2D eigenvalue weighted by Gasteiger charge is -2.26. The number of hydrogen-bond donors (Lipinski definition) is 1. The van der Waals surface area contributed by atoms with Gasteiger partial charge >= 0.3 is 0 Å². The summed E-state index contributed by atoms with van der Waals surface area (Å²) in [6.07, 6.45) is 1.25. The van der Waals surface area contributed by atoms with Crippen LogP contribution in [0.2, 0.25) is 5.02 Å². The largest absolute Gasteiger partial charge is 0.379 e. The fourth-order valence-electron chi connectivity index (χ4n) is 4.19. The summed E-state index contributed by atoms with van der Waals surface area (Å²) in [4.78, 5) is 8.60. The monoisotopic (exact) mass is 500 g/mol. The van der Waals surface area contributed by atoms with Crippen LogP contribution in [0.4, 0.5) is 0 Å². The maximum Gasteiger partial charge on any atom is 0.160 e. The number of nitrogens with one attached hydrogen (secondary N) is 1. The van der Waals surface area contributed by atoms with Crippen LogP contribution < -0.4 is 5.32 Å². The molecule has 1 fully saturated rings. The summed E-state index contributed by atoms with van der Waals surface area (Å²) in [6.45, 7) is 13.2. The number of nitrogens with zero attached hydrogens (tertiary/aromatic N) is 5. The molecule has 0 atom stereocenters. The molecule has 2 aromatic heterocycles. The highest BCUT2D eigenvalue weighted by Gasteiger charge is 2.26. The second kappa shape index (κ2) is 11.6.